The molecule has 0 radical (unpaired) electrons. The lowest BCUT2D eigenvalue weighted by Gasteiger charge is -2.41. The van der Waals surface area contributed by atoms with Gasteiger partial charge in [-0.05, 0) is 57.8 Å². The van der Waals surface area contributed by atoms with Crippen molar-refractivity contribution < 1.29 is 56.2 Å². The molecule has 0 amide bonds. The number of hydrogen-bond donors (Lipinski definition) is 4. The maximum absolute atomic E-state index is 12.9. The number of rotatable bonds is 44. The second kappa shape index (κ2) is 43.1. The third-order valence-electron chi connectivity index (χ3n) is 11.4. The second-order valence-corrected chi connectivity index (χ2v) is 18.4. The Hall–Kier alpha value is -2.20. The molecule has 0 aromatic carbocycles. The standard InChI is InChI=1S/C52H92O12S/c1-3-5-7-9-11-13-15-17-19-21-22-23-24-25-26-28-30-32-34-36-38-40-42-60-44-46(45-61-52-50(56)51(64-65(57,58)59)49(55)47(43-53)63-52)62-48(54)41-39-37-35-33-31-29-27-20-18-16-14-12-10-8-6-4-2/h5,7,11,13,17,19,22-23,25-26,46-47,49-53,55-56H,3-4,6,8-10,12,14-16,18,20-21,24,27-45H2,1-2H3,(H,57,58,59)/b7-5-,13-11-,19-17-,23-22-,26-25-. The van der Waals surface area contributed by atoms with Gasteiger partial charge in [0.05, 0.1) is 19.8 Å². The van der Waals surface area contributed by atoms with E-state index >= 15 is 0 Å². The van der Waals surface area contributed by atoms with Crippen LogP contribution < -0.4 is 0 Å². The summed E-state index contributed by atoms with van der Waals surface area (Å²) in [6.45, 7) is 3.86. The summed E-state index contributed by atoms with van der Waals surface area (Å²) in [4.78, 5) is 12.9. The summed E-state index contributed by atoms with van der Waals surface area (Å²) >= 11 is 0. The summed E-state index contributed by atoms with van der Waals surface area (Å²) in [5.74, 6) is -0.404. The Bertz CT molecular complexity index is 1360. The van der Waals surface area contributed by atoms with Crippen LogP contribution >= 0.6 is 0 Å². The van der Waals surface area contributed by atoms with E-state index < -0.39 is 59.8 Å². The minimum atomic E-state index is -5.07. The van der Waals surface area contributed by atoms with E-state index in [0.717, 1.165) is 89.9 Å². The zero-order valence-electron chi connectivity index (χ0n) is 40.5. The fraction of sp³-hybridized carbons (Fsp3) is 0.788. The van der Waals surface area contributed by atoms with Crippen LogP contribution in [-0.4, -0.2) is 97.5 Å². The van der Waals surface area contributed by atoms with Crippen molar-refractivity contribution in [3.63, 3.8) is 0 Å². The van der Waals surface area contributed by atoms with Crippen molar-refractivity contribution in [2.45, 2.75) is 237 Å². The lowest BCUT2D eigenvalue weighted by molar-refractivity contribution is -0.301. The Balaban J connectivity index is 2.37. The average molecular weight is 941 g/mol. The van der Waals surface area contributed by atoms with Crippen LogP contribution in [0.2, 0.25) is 0 Å². The van der Waals surface area contributed by atoms with Gasteiger partial charge in [0.15, 0.2) is 6.29 Å². The first-order valence-corrected chi connectivity index (χ1v) is 26.9. The predicted octanol–water partition coefficient (Wildman–Crippen LogP) is 11.7. The monoisotopic (exact) mass is 941 g/mol. The summed E-state index contributed by atoms with van der Waals surface area (Å²) in [5, 5.41) is 30.7. The number of aliphatic hydroxyl groups excluding tert-OH is 3. The molecule has 6 unspecified atom stereocenters. The van der Waals surface area contributed by atoms with Crippen molar-refractivity contribution in [1.29, 1.82) is 0 Å². The number of carbonyl (C=O) groups is 1. The van der Waals surface area contributed by atoms with Crippen molar-refractivity contribution in [3.8, 4) is 0 Å². The minimum absolute atomic E-state index is 0.0256. The first-order chi connectivity index (χ1) is 31.6. The van der Waals surface area contributed by atoms with Gasteiger partial charge in [-0.2, -0.15) is 8.42 Å². The molecule has 13 heteroatoms. The number of esters is 1. The molecule has 0 aliphatic carbocycles. The number of allylic oxidation sites excluding steroid dienone is 10. The van der Waals surface area contributed by atoms with Crippen molar-refractivity contribution in [1.82, 2.24) is 0 Å². The van der Waals surface area contributed by atoms with Gasteiger partial charge in [-0.15, -0.1) is 0 Å². The zero-order chi connectivity index (χ0) is 47.5. The number of aliphatic hydroxyl groups is 3. The Kier molecular flexibility index (Phi) is 40.3. The molecular formula is C52H92O12S. The number of hydrogen-bond acceptors (Lipinski definition) is 11. The quantitative estimate of drug-likeness (QED) is 0.0197. The van der Waals surface area contributed by atoms with E-state index in [1.165, 1.54) is 83.5 Å². The first kappa shape index (κ1) is 60.8. The molecule has 0 saturated carbocycles. The Labute approximate surface area is 395 Å². The molecule has 1 rings (SSSR count). The lowest BCUT2D eigenvalue weighted by Crippen LogP contribution is -2.60. The molecule has 0 bridgehead atoms. The molecule has 1 aliphatic rings. The Morgan fingerprint density at radius 1 is 0.600 bits per heavy atom. The van der Waals surface area contributed by atoms with E-state index in [1.54, 1.807) is 0 Å². The van der Waals surface area contributed by atoms with Crippen LogP contribution in [0.1, 0.15) is 200 Å². The van der Waals surface area contributed by atoms with E-state index in [0.29, 0.717) is 13.0 Å². The normalized spacial score (nSPS) is 20.1. The van der Waals surface area contributed by atoms with Crippen LogP contribution in [-0.2, 0) is 38.3 Å². The lowest BCUT2D eigenvalue weighted by atomic mass is 9.99. The van der Waals surface area contributed by atoms with E-state index in [2.05, 4.69) is 78.8 Å². The van der Waals surface area contributed by atoms with Crippen LogP contribution in [0.5, 0.6) is 0 Å². The van der Waals surface area contributed by atoms with Gasteiger partial charge in [0.2, 0.25) is 0 Å². The maximum Gasteiger partial charge on any atom is 0.397 e. The summed E-state index contributed by atoms with van der Waals surface area (Å²) in [7, 11) is -5.07. The van der Waals surface area contributed by atoms with Gasteiger partial charge in [0.1, 0.15) is 30.5 Å². The van der Waals surface area contributed by atoms with Crippen LogP contribution in [0.25, 0.3) is 0 Å². The van der Waals surface area contributed by atoms with Crippen molar-refractivity contribution in [2.24, 2.45) is 0 Å². The first-order valence-electron chi connectivity index (χ1n) is 25.5. The van der Waals surface area contributed by atoms with Gasteiger partial charge in [-0.1, -0.05) is 197 Å². The maximum atomic E-state index is 12.9. The van der Waals surface area contributed by atoms with Gasteiger partial charge in [0, 0.05) is 13.0 Å². The number of ether oxygens (including phenoxy) is 4. The molecule has 4 N–H and O–H groups in total. The third kappa shape index (κ3) is 36.5. The molecule has 378 valence electrons. The zero-order valence-corrected chi connectivity index (χ0v) is 41.4. The van der Waals surface area contributed by atoms with Gasteiger partial charge < -0.3 is 34.3 Å². The Morgan fingerprint density at radius 3 is 1.55 bits per heavy atom. The summed E-state index contributed by atoms with van der Waals surface area (Å²) in [5.41, 5.74) is 0. The van der Waals surface area contributed by atoms with Crippen molar-refractivity contribution in [3.05, 3.63) is 60.8 Å². The highest BCUT2D eigenvalue weighted by Crippen LogP contribution is 2.26. The average Bonchev–Trinajstić information content (AvgIpc) is 3.28. The molecule has 1 aliphatic heterocycles. The van der Waals surface area contributed by atoms with Gasteiger partial charge >= 0.3 is 16.4 Å². The molecule has 1 heterocycles. The van der Waals surface area contributed by atoms with Gasteiger partial charge in [-0.25, -0.2) is 4.18 Å². The molecule has 12 nitrogen and oxygen atoms in total. The smallest absolute Gasteiger partial charge is 0.397 e. The molecule has 0 spiro atoms. The fourth-order valence-corrected chi connectivity index (χ4v) is 8.09. The Morgan fingerprint density at radius 2 is 1.06 bits per heavy atom. The fourth-order valence-electron chi connectivity index (χ4n) is 7.58. The largest absolute Gasteiger partial charge is 0.457 e. The molecule has 0 aromatic rings. The molecule has 0 aromatic heterocycles. The summed E-state index contributed by atoms with van der Waals surface area (Å²) in [6.07, 6.45) is 45.3. The van der Waals surface area contributed by atoms with E-state index in [4.69, 9.17) is 18.9 Å². The van der Waals surface area contributed by atoms with Crippen molar-refractivity contribution >= 4 is 16.4 Å². The number of unbranched alkanes of at least 4 members (excludes halogenated alkanes) is 21. The van der Waals surface area contributed by atoms with E-state index in [9.17, 15) is 33.1 Å². The van der Waals surface area contributed by atoms with Gasteiger partial charge in [-0.3, -0.25) is 9.35 Å². The molecule has 65 heavy (non-hydrogen) atoms. The molecule has 1 fully saturated rings. The predicted molar refractivity (Wildman–Crippen MR) is 262 cm³/mol. The second-order valence-electron chi connectivity index (χ2n) is 17.4. The van der Waals surface area contributed by atoms with Crippen LogP contribution in [0, 0.1) is 0 Å². The summed E-state index contributed by atoms with van der Waals surface area (Å²) in [6, 6.07) is 0. The van der Waals surface area contributed by atoms with Crippen molar-refractivity contribution in [2.75, 3.05) is 26.4 Å². The van der Waals surface area contributed by atoms with Crippen LogP contribution in [0.4, 0.5) is 0 Å². The molecule has 1 saturated heterocycles. The summed E-state index contributed by atoms with van der Waals surface area (Å²) < 4.78 is 59.2. The van der Waals surface area contributed by atoms with Crippen LogP contribution in [0.3, 0.4) is 0 Å². The molecular weight excluding hydrogens is 849 g/mol. The minimum Gasteiger partial charge on any atom is -0.457 e. The van der Waals surface area contributed by atoms with Crippen LogP contribution in [0.15, 0.2) is 60.8 Å². The highest BCUT2D eigenvalue weighted by molar-refractivity contribution is 7.80. The SMILES string of the molecule is CC/C=C\C/C=C\C/C=C\C/C=C\C/C=C\CCCCCCCCOCC(COC1OC(CO)C(O)C(OS(=O)(=O)O)C1O)OC(=O)CCCCCCCCCCCCCCCCCC. The molecule has 6 atom stereocenters. The third-order valence-corrected chi connectivity index (χ3v) is 11.9. The number of carbonyl (C=O) groups excluding carboxylic acids is 1. The van der Waals surface area contributed by atoms with Gasteiger partial charge in [0.25, 0.3) is 0 Å². The highest BCUT2D eigenvalue weighted by atomic mass is 32.3. The van der Waals surface area contributed by atoms with E-state index in [-0.39, 0.29) is 19.6 Å². The highest BCUT2D eigenvalue weighted by Gasteiger charge is 2.48. The van der Waals surface area contributed by atoms with E-state index in [1.807, 2.05) is 0 Å². The topological polar surface area (TPSA) is 178 Å².